The second-order valence-corrected chi connectivity index (χ2v) is 4.89. The van der Waals surface area contributed by atoms with Crippen molar-refractivity contribution in [1.29, 1.82) is 0 Å². The first-order valence-corrected chi connectivity index (χ1v) is 5.94. The maximum atomic E-state index is 11.7. The Labute approximate surface area is 103 Å². The smallest absolute Gasteiger partial charge is 0.244 e. The zero-order valence-corrected chi connectivity index (χ0v) is 10.6. The summed E-state index contributed by atoms with van der Waals surface area (Å²) in [6, 6.07) is 5.46. The monoisotopic (exact) mass is 283 g/mol. The number of benzene rings is 1. The Morgan fingerprint density at radius 1 is 1.56 bits per heavy atom. The summed E-state index contributed by atoms with van der Waals surface area (Å²) in [5.41, 5.74) is 7.33. The number of nitrogens with zero attached hydrogens (tertiary/aromatic N) is 1. The Balaban J connectivity index is 2.12. The third-order valence-electron chi connectivity index (χ3n) is 2.77. The van der Waals surface area contributed by atoms with Crippen molar-refractivity contribution in [3.63, 3.8) is 0 Å². The van der Waals surface area contributed by atoms with Gasteiger partial charge in [0.15, 0.2) is 0 Å². The third-order valence-corrected chi connectivity index (χ3v) is 3.26. The van der Waals surface area contributed by atoms with Gasteiger partial charge < -0.3 is 16.0 Å². The van der Waals surface area contributed by atoms with Crippen molar-refractivity contribution < 1.29 is 4.79 Å². The van der Waals surface area contributed by atoms with E-state index in [0.717, 1.165) is 23.1 Å². The fourth-order valence-corrected chi connectivity index (χ4v) is 2.19. The van der Waals surface area contributed by atoms with Crippen LogP contribution in [0.5, 0.6) is 0 Å². The van der Waals surface area contributed by atoms with E-state index >= 15 is 0 Å². The first-order valence-electron chi connectivity index (χ1n) is 5.14. The molecule has 1 heterocycles. The van der Waals surface area contributed by atoms with Gasteiger partial charge in [0.25, 0.3) is 0 Å². The number of halogens is 1. The van der Waals surface area contributed by atoms with Crippen LogP contribution in [0.3, 0.4) is 0 Å². The lowest BCUT2D eigenvalue weighted by Crippen LogP contribution is -2.31. The molecule has 0 spiro atoms. The van der Waals surface area contributed by atoms with Crippen molar-refractivity contribution in [2.75, 3.05) is 24.6 Å². The quantitative estimate of drug-likeness (QED) is 0.812. The molecule has 0 bridgehead atoms. The van der Waals surface area contributed by atoms with E-state index in [1.54, 1.807) is 4.90 Å². The standard InChI is InChI=1S/C11H14BrN3O/c1-15-5-4-10(11(15)16)14-9-3-2-7(12)6-8(9)13/h2-3,6,10,14H,4-5,13H2,1H3. The lowest BCUT2D eigenvalue weighted by molar-refractivity contribution is -0.127. The van der Waals surface area contributed by atoms with Crippen LogP contribution in [0.15, 0.2) is 22.7 Å². The Morgan fingerprint density at radius 2 is 2.31 bits per heavy atom. The first kappa shape index (κ1) is 11.3. The summed E-state index contributed by atoms with van der Waals surface area (Å²) in [6.07, 6.45) is 0.824. The van der Waals surface area contributed by atoms with Crippen molar-refractivity contribution in [1.82, 2.24) is 4.90 Å². The zero-order chi connectivity index (χ0) is 11.7. The van der Waals surface area contributed by atoms with Gasteiger partial charge in [-0.05, 0) is 24.6 Å². The van der Waals surface area contributed by atoms with E-state index in [4.69, 9.17) is 5.73 Å². The topological polar surface area (TPSA) is 58.4 Å². The number of likely N-dealkylation sites (tertiary alicyclic amines) is 1. The number of carbonyl (C=O) groups is 1. The highest BCUT2D eigenvalue weighted by atomic mass is 79.9. The average Bonchev–Trinajstić information content (AvgIpc) is 2.54. The highest BCUT2D eigenvalue weighted by molar-refractivity contribution is 9.10. The second-order valence-electron chi connectivity index (χ2n) is 3.98. The van der Waals surface area contributed by atoms with Crippen LogP contribution in [0.2, 0.25) is 0 Å². The summed E-state index contributed by atoms with van der Waals surface area (Å²) in [4.78, 5) is 13.4. The van der Waals surface area contributed by atoms with Gasteiger partial charge in [0.2, 0.25) is 5.91 Å². The van der Waals surface area contributed by atoms with E-state index < -0.39 is 0 Å². The fraction of sp³-hybridized carbons (Fsp3) is 0.364. The van der Waals surface area contributed by atoms with Gasteiger partial charge in [0, 0.05) is 18.1 Å². The van der Waals surface area contributed by atoms with Crippen molar-refractivity contribution in [3.05, 3.63) is 22.7 Å². The fourth-order valence-electron chi connectivity index (χ4n) is 1.81. The predicted octanol–water partition coefficient (Wildman–Crippen LogP) is 1.67. The summed E-state index contributed by atoms with van der Waals surface area (Å²) in [6.45, 7) is 0.799. The van der Waals surface area contributed by atoms with Gasteiger partial charge in [-0.3, -0.25) is 4.79 Å². The third kappa shape index (κ3) is 2.14. The van der Waals surface area contributed by atoms with Crippen LogP contribution in [-0.2, 0) is 4.79 Å². The molecule has 1 aromatic carbocycles. The molecule has 1 atom stereocenters. The molecule has 0 aliphatic carbocycles. The summed E-state index contributed by atoms with van der Waals surface area (Å²) in [5.74, 6) is 0.127. The van der Waals surface area contributed by atoms with E-state index in [-0.39, 0.29) is 11.9 Å². The molecule has 3 N–H and O–H groups in total. The Morgan fingerprint density at radius 3 is 2.88 bits per heavy atom. The van der Waals surface area contributed by atoms with Crippen LogP contribution in [0.25, 0.3) is 0 Å². The molecule has 5 heteroatoms. The molecule has 0 saturated carbocycles. The molecule has 4 nitrogen and oxygen atoms in total. The molecule has 0 radical (unpaired) electrons. The molecule has 1 aliphatic rings. The number of carbonyl (C=O) groups excluding carboxylic acids is 1. The minimum atomic E-state index is -0.145. The molecule has 1 fully saturated rings. The summed E-state index contributed by atoms with van der Waals surface area (Å²) < 4.78 is 0.936. The number of amides is 1. The first-order chi connectivity index (χ1) is 7.58. The number of nitrogens with one attached hydrogen (secondary N) is 1. The Kier molecular flexibility index (Phi) is 3.05. The van der Waals surface area contributed by atoms with Crippen molar-refractivity contribution in [2.24, 2.45) is 0 Å². The molecule has 1 saturated heterocycles. The lowest BCUT2D eigenvalue weighted by Gasteiger charge is -2.15. The maximum absolute atomic E-state index is 11.7. The summed E-state index contributed by atoms with van der Waals surface area (Å²) in [5, 5.41) is 3.18. The number of likely N-dealkylation sites (N-methyl/N-ethyl adjacent to an activating group) is 1. The van der Waals surface area contributed by atoms with Gasteiger partial charge in [0.1, 0.15) is 6.04 Å². The van der Waals surface area contributed by atoms with Gasteiger partial charge in [-0.2, -0.15) is 0 Å². The Hall–Kier alpha value is -1.23. The van der Waals surface area contributed by atoms with Gasteiger partial charge in [-0.25, -0.2) is 0 Å². The van der Waals surface area contributed by atoms with Crippen molar-refractivity contribution in [2.45, 2.75) is 12.5 Å². The van der Waals surface area contributed by atoms with Crippen LogP contribution in [0.4, 0.5) is 11.4 Å². The highest BCUT2D eigenvalue weighted by Gasteiger charge is 2.28. The summed E-state index contributed by atoms with van der Waals surface area (Å²) in [7, 11) is 1.81. The highest BCUT2D eigenvalue weighted by Crippen LogP contribution is 2.25. The van der Waals surface area contributed by atoms with Crippen LogP contribution in [0.1, 0.15) is 6.42 Å². The van der Waals surface area contributed by atoms with E-state index in [1.807, 2.05) is 25.2 Å². The normalized spacial score (nSPS) is 20.2. The van der Waals surface area contributed by atoms with Gasteiger partial charge in [0.05, 0.1) is 11.4 Å². The Bertz CT molecular complexity index is 422. The summed E-state index contributed by atoms with van der Waals surface area (Å²) >= 11 is 3.35. The van der Waals surface area contributed by atoms with Crippen LogP contribution >= 0.6 is 15.9 Å². The molecule has 1 aliphatic heterocycles. The van der Waals surface area contributed by atoms with Crippen LogP contribution in [0, 0.1) is 0 Å². The number of hydrogen-bond donors (Lipinski definition) is 2. The largest absolute Gasteiger partial charge is 0.397 e. The molecule has 1 unspecified atom stereocenters. The minimum absolute atomic E-state index is 0.127. The average molecular weight is 284 g/mol. The van der Waals surface area contributed by atoms with E-state index in [9.17, 15) is 4.79 Å². The molecule has 2 rings (SSSR count). The number of nitrogen functional groups attached to an aromatic ring is 1. The molecule has 86 valence electrons. The number of rotatable bonds is 2. The molecular formula is C11H14BrN3O. The number of anilines is 2. The van der Waals surface area contributed by atoms with Crippen LogP contribution in [-0.4, -0.2) is 30.4 Å². The molecule has 0 aromatic heterocycles. The SMILES string of the molecule is CN1CCC(Nc2ccc(Br)cc2N)C1=O. The zero-order valence-electron chi connectivity index (χ0n) is 9.03. The van der Waals surface area contributed by atoms with Crippen molar-refractivity contribution in [3.8, 4) is 0 Å². The maximum Gasteiger partial charge on any atom is 0.244 e. The molecule has 16 heavy (non-hydrogen) atoms. The number of nitrogens with two attached hydrogens (primary N) is 1. The lowest BCUT2D eigenvalue weighted by atomic mass is 10.2. The van der Waals surface area contributed by atoms with E-state index in [1.165, 1.54) is 0 Å². The van der Waals surface area contributed by atoms with Crippen LogP contribution < -0.4 is 11.1 Å². The van der Waals surface area contributed by atoms with Crippen molar-refractivity contribution >= 4 is 33.2 Å². The minimum Gasteiger partial charge on any atom is -0.397 e. The molecule has 1 aromatic rings. The van der Waals surface area contributed by atoms with Gasteiger partial charge >= 0.3 is 0 Å². The molecular weight excluding hydrogens is 270 g/mol. The molecule has 1 amide bonds. The van der Waals surface area contributed by atoms with Gasteiger partial charge in [-0.1, -0.05) is 15.9 Å². The number of hydrogen-bond acceptors (Lipinski definition) is 3. The second kappa shape index (κ2) is 4.33. The van der Waals surface area contributed by atoms with E-state index in [0.29, 0.717) is 5.69 Å². The van der Waals surface area contributed by atoms with E-state index in [2.05, 4.69) is 21.2 Å². The predicted molar refractivity (Wildman–Crippen MR) is 68.2 cm³/mol. The van der Waals surface area contributed by atoms with Gasteiger partial charge in [-0.15, -0.1) is 0 Å².